The van der Waals surface area contributed by atoms with Gasteiger partial charge in [-0.3, -0.25) is 5.32 Å². The lowest BCUT2D eigenvalue weighted by Crippen LogP contribution is -2.53. The van der Waals surface area contributed by atoms with Crippen molar-refractivity contribution in [2.45, 2.75) is 82.4 Å². The van der Waals surface area contributed by atoms with Crippen LogP contribution in [0.25, 0.3) is 0 Å². The van der Waals surface area contributed by atoms with Gasteiger partial charge in [0.05, 0.1) is 0 Å². The summed E-state index contributed by atoms with van der Waals surface area (Å²) in [7, 11) is 0. The second-order valence-electron chi connectivity index (χ2n) is 6.51. The molecule has 0 aromatic carbocycles. The molecule has 0 aromatic heterocycles. The summed E-state index contributed by atoms with van der Waals surface area (Å²) in [6.07, 6.45) is 14.0. The topological polar surface area (TPSA) is 32.3 Å². The molecule has 16 heavy (non-hydrogen) atoms. The van der Waals surface area contributed by atoms with Gasteiger partial charge in [-0.05, 0) is 56.8 Å². The van der Waals surface area contributed by atoms with Gasteiger partial charge in [0.1, 0.15) is 5.72 Å². The van der Waals surface area contributed by atoms with E-state index in [1.165, 1.54) is 57.8 Å². The van der Waals surface area contributed by atoms with E-state index in [9.17, 15) is 5.11 Å². The normalized spacial score (nSPS) is 32.8. The number of rotatable bonds is 2. The summed E-state index contributed by atoms with van der Waals surface area (Å²) in [6, 6.07) is 0.590. The molecule has 3 aliphatic carbocycles. The molecule has 0 aliphatic heterocycles. The molecule has 92 valence electrons. The van der Waals surface area contributed by atoms with Crippen molar-refractivity contribution in [1.29, 1.82) is 0 Å². The van der Waals surface area contributed by atoms with E-state index >= 15 is 0 Å². The highest BCUT2D eigenvalue weighted by molar-refractivity contribution is 5.00. The van der Waals surface area contributed by atoms with Gasteiger partial charge in [0, 0.05) is 6.04 Å². The summed E-state index contributed by atoms with van der Waals surface area (Å²) in [5, 5.41) is 14.1. The van der Waals surface area contributed by atoms with Crippen LogP contribution in [0.15, 0.2) is 0 Å². The van der Waals surface area contributed by atoms with Crippen molar-refractivity contribution in [2.75, 3.05) is 0 Å². The zero-order chi connectivity index (χ0) is 11.1. The fourth-order valence-electron chi connectivity index (χ4n) is 3.64. The van der Waals surface area contributed by atoms with Gasteiger partial charge in [-0.2, -0.15) is 0 Å². The van der Waals surface area contributed by atoms with Crippen molar-refractivity contribution in [1.82, 2.24) is 5.32 Å². The van der Waals surface area contributed by atoms with Crippen molar-refractivity contribution in [3.05, 3.63) is 0 Å². The smallest absolute Gasteiger partial charge is 0.116 e. The maximum atomic E-state index is 10.6. The highest BCUT2D eigenvalue weighted by Crippen LogP contribution is 2.57. The Bertz CT molecular complexity index is 243. The van der Waals surface area contributed by atoms with Gasteiger partial charge in [-0.15, -0.1) is 0 Å². The molecule has 1 spiro atoms. The molecule has 0 aromatic rings. The van der Waals surface area contributed by atoms with Crippen LogP contribution in [-0.2, 0) is 0 Å². The molecule has 3 aliphatic rings. The average molecular weight is 223 g/mol. The number of hydrogen-bond acceptors (Lipinski definition) is 2. The van der Waals surface area contributed by atoms with Crippen LogP contribution in [0.2, 0.25) is 0 Å². The quantitative estimate of drug-likeness (QED) is 0.705. The van der Waals surface area contributed by atoms with Gasteiger partial charge in [-0.1, -0.05) is 19.3 Å². The first-order valence-electron chi connectivity index (χ1n) is 7.20. The van der Waals surface area contributed by atoms with Crippen LogP contribution in [0.1, 0.15) is 70.6 Å². The standard InChI is InChI=1S/C14H25NO/c16-14(15-12-4-2-1-3-5-12)10-8-13(6-7-13)9-11-14/h12,15-16H,1-11H2. The Kier molecular flexibility index (Phi) is 2.75. The van der Waals surface area contributed by atoms with Gasteiger partial charge in [0.15, 0.2) is 0 Å². The summed E-state index contributed by atoms with van der Waals surface area (Å²) < 4.78 is 0. The Morgan fingerprint density at radius 2 is 1.38 bits per heavy atom. The molecule has 0 amide bonds. The monoisotopic (exact) mass is 223 g/mol. The predicted octanol–water partition coefficient (Wildman–Crippen LogP) is 2.95. The lowest BCUT2D eigenvalue weighted by molar-refractivity contribution is -0.0548. The lowest BCUT2D eigenvalue weighted by Gasteiger charge is -2.40. The fraction of sp³-hybridized carbons (Fsp3) is 1.00. The molecule has 0 radical (unpaired) electrons. The summed E-state index contributed by atoms with van der Waals surface area (Å²) >= 11 is 0. The van der Waals surface area contributed by atoms with Crippen molar-refractivity contribution in [3.8, 4) is 0 Å². The third kappa shape index (κ3) is 2.28. The molecular formula is C14H25NO. The molecule has 2 nitrogen and oxygen atoms in total. The third-order valence-corrected chi connectivity index (χ3v) is 5.17. The summed E-state index contributed by atoms with van der Waals surface area (Å²) in [4.78, 5) is 0. The van der Waals surface area contributed by atoms with Crippen LogP contribution in [-0.4, -0.2) is 16.9 Å². The second kappa shape index (κ2) is 3.99. The molecule has 3 saturated carbocycles. The van der Waals surface area contributed by atoms with Crippen LogP contribution >= 0.6 is 0 Å². The van der Waals surface area contributed by atoms with Crippen molar-refractivity contribution in [3.63, 3.8) is 0 Å². The number of nitrogens with one attached hydrogen (secondary N) is 1. The van der Waals surface area contributed by atoms with E-state index < -0.39 is 5.72 Å². The van der Waals surface area contributed by atoms with Crippen LogP contribution in [0.3, 0.4) is 0 Å². The van der Waals surface area contributed by atoms with E-state index in [1.807, 2.05) is 0 Å². The van der Waals surface area contributed by atoms with Crippen LogP contribution in [0.5, 0.6) is 0 Å². The first-order valence-corrected chi connectivity index (χ1v) is 7.20. The van der Waals surface area contributed by atoms with Crippen LogP contribution < -0.4 is 5.32 Å². The minimum atomic E-state index is -0.518. The number of hydrogen-bond donors (Lipinski definition) is 2. The Balaban J connectivity index is 1.52. The van der Waals surface area contributed by atoms with E-state index in [-0.39, 0.29) is 0 Å². The largest absolute Gasteiger partial charge is 0.376 e. The first kappa shape index (κ1) is 11.0. The maximum absolute atomic E-state index is 10.6. The Labute approximate surface area is 98.8 Å². The van der Waals surface area contributed by atoms with Crippen molar-refractivity contribution >= 4 is 0 Å². The molecule has 0 unspecified atom stereocenters. The highest BCUT2D eigenvalue weighted by Gasteiger charge is 2.49. The van der Waals surface area contributed by atoms with Crippen molar-refractivity contribution < 1.29 is 5.11 Å². The molecule has 0 bridgehead atoms. The van der Waals surface area contributed by atoms with Crippen LogP contribution in [0.4, 0.5) is 0 Å². The number of aliphatic hydroxyl groups is 1. The predicted molar refractivity (Wildman–Crippen MR) is 65.1 cm³/mol. The third-order valence-electron chi connectivity index (χ3n) is 5.17. The summed E-state index contributed by atoms with van der Waals surface area (Å²) in [5.74, 6) is 0. The average Bonchev–Trinajstić information content (AvgIpc) is 3.05. The van der Waals surface area contributed by atoms with Gasteiger partial charge in [0.2, 0.25) is 0 Å². The van der Waals surface area contributed by atoms with Crippen molar-refractivity contribution in [2.24, 2.45) is 5.41 Å². The van der Waals surface area contributed by atoms with E-state index in [0.717, 1.165) is 12.8 Å². The van der Waals surface area contributed by atoms with E-state index in [2.05, 4.69) is 5.32 Å². The lowest BCUT2D eigenvalue weighted by atomic mass is 9.80. The Morgan fingerprint density at radius 1 is 0.812 bits per heavy atom. The maximum Gasteiger partial charge on any atom is 0.116 e. The minimum Gasteiger partial charge on any atom is -0.376 e. The first-order chi connectivity index (χ1) is 7.70. The Hall–Kier alpha value is -0.0800. The molecule has 3 rings (SSSR count). The minimum absolute atomic E-state index is 0.518. The zero-order valence-corrected chi connectivity index (χ0v) is 10.3. The van der Waals surface area contributed by atoms with Gasteiger partial charge < -0.3 is 5.11 Å². The van der Waals surface area contributed by atoms with E-state index in [4.69, 9.17) is 0 Å². The highest BCUT2D eigenvalue weighted by atomic mass is 16.3. The summed E-state index contributed by atoms with van der Waals surface area (Å²) in [5.41, 5.74) is 0.163. The molecule has 0 saturated heterocycles. The molecular weight excluding hydrogens is 198 g/mol. The fourth-order valence-corrected chi connectivity index (χ4v) is 3.64. The summed E-state index contributed by atoms with van der Waals surface area (Å²) in [6.45, 7) is 0. The van der Waals surface area contributed by atoms with E-state index in [0.29, 0.717) is 11.5 Å². The molecule has 2 N–H and O–H groups in total. The van der Waals surface area contributed by atoms with Gasteiger partial charge >= 0.3 is 0 Å². The molecule has 3 fully saturated rings. The van der Waals surface area contributed by atoms with E-state index in [1.54, 1.807) is 0 Å². The van der Waals surface area contributed by atoms with Gasteiger partial charge in [-0.25, -0.2) is 0 Å². The van der Waals surface area contributed by atoms with Crippen LogP contribution in [0, 0.1) is 5.41 Å². The molecule has 0 heterocycles. The SMILES string of the molecule is OC1(NC2CCCCC2)CCC2(CC2)CC1. The zero-order valence-electron chi connectivity index (χ0n) is 10.3. The van der Waals surface area contributed by atoms with Gasteiger partial charge in [0.25, 0.3) is 0 Å². The second-order valence-corrected chi connectivity index (χ2v) is 6.51. The Morgan fingerprint density at radius 3 is 1.94 bits per heavy atom. The molecule has 0 atom stereocenters. The molecule has 2 heteroatoms.